The first-order valence-electron chi connectivity index (χ1n) is 10.7. The minimum Gasteiger partial charge on any atom is -0.547 e. The summed E-state index contributed by atoms with van der Waals surface area (Å²) < 4.78 is 16.2. The first-order chi connectivity index (χ1) is 14.9. The van der Waals surface area contributed by atoms with Gasteiger partial charge in [0.1, 0.15) is 18.3 Å². The Bertz CT molecular complexity index is 725. The normalized spacial score (nSPS) is 29.5. The minimum absolute atomic E-state index is 0. The Morgan fingerprint density at radius 3 is 2.34 bits per heavy atom. The van der Waals surface area contributed by atoms with Crippen molar-refractivity contribution >= 4 is 11.9 Å². The predicted molar refractivity (Wildman–Crippen MR) is 104 cm³/mol. The molecule has 0 aromatic heterocycles. The summed E-state index contributed by atoms with van der Waals surface area (Å²) in [5, 5.41) is 42.2. The van der Waals surface area contributed by atoms with Gasteiger partial charge in [-0.25, -0.2) is 4.79 Å². The molecular weight excluding hydrogens is 431 g/mol. The average Bonchev–Trinajstić information content (AvgIpc) is 2.78. The van der Waals surface area contributed by atoms with Gasteiger partial charge in [-0.3, -0.25) is 0 Å². The van der Waals surface area contributed by atoms with Gasteiger partial charge in [0.25, 0.3) is 0 Å². The van der Waals surface area contributed by atoms with Crippen molar-refractivity contribution in [2.75, 3.05) is 6.61 Å². The van der Waals surface area contributed by atoms with Gasteiger partial charge in [-0.15, -0.1) is 0 Å². The molecule has 1 aromatic rings. The maximum Gasteiger partial charge on any atom is 1.00 e. The van der Waals surface area contributed by atoms with Crippen LogP contribution in [0.2, 0.25) is 0 Å². The van der Waals surface area contributed by atoms with E-state index in [1.54, 1.807) is 18.2 Å². The first-order valence-corrected chi connectivity index (χ1v) is 10.7. The first kappa shape index (κ1) is 27.2. The Hall–Kier alpha value is -1.04. The molecule has 1 saturated carbocycles. The molecule has 10 heteroatoms. The van der Waals surface area contributed by atoms with E-state index in [1.165, 1.54) is 12.1 Å². The molecule has 1 aliphatic carbocycles. The Kier molecular flexibility index (Phi) is 11.1. The number of aliphatic hydroxyl groups is 3. The molecule has 1 aliphatic heterocycles. The average molecular weight is 460 g/mol. The maximum atomic E-state index is 12.5. The van der Waals surface area contributed by atoms with Gasteiger partial charge >= 0.3 is 35.5 Å². The van der Waals surface area contributed by atoms with Gasteiger partial charge in [0.05, 0.1) is 24.2 Å². The summed E-state index contributed by atoms with van der Waals surface area (Å²) in [6.07, 6.45) is -3.74. The number of aliphatic carboxylic acids is 1. The number of carboxylic acid groups (broad SMARTS) is 1. The third kappa shape index (κ3) is 6.98. The Morgan fingerprint density at radius 1 is 1.09 bits per heavy atom. The van der Waals surface area contributed by atoms with Crippen molar-refractivity contribution in [2.24, 2.45) is 5.92 Å². The Morgan fingerprint density at radius 2 is 1.75 bits per heavy atom. The number of carbonyl (C=O) groups is 2. The number of hydrogen-bond donors (Lipinski definition) is 3. The fraction of sp³-hybridized carbons (Fsp3) is 0.636. The van der Waals surface area contributed by atoms with E-state index in [4.69, 9.17) is 14.2 Å². The van der Waals surface area contributed by atoms with Crippen molar-refractivity contribution in [1.82, 2.24) is 0 Å². The van der Waals surface area contributed by atoms with Crippen LogP contribution in [0.25, 0.3) is 0 Å². The number of esters is 1. The summed E-state index contributed by atoms with van der Waals surface area (Å²) >= 11 is 0. The predicted octanol–water partition coefficient (Wildman–Crippen LogP) is -3.24. The molecule has 2 aliphatic rings. The summed E-state index contributed by atoms with van der Waals surface area (Å²) in [5.74, 6) is -2.11. The van der Waals surface area contributed by atoms with E-state index in [2.05, 4.69) is 0 Å². The monoisotopic (exact) mass is 460 g/mol. The van der Waals surface area contributed by atoms with Crippen LogP contribution in [0.1, 0.15) is 48.9 Å². The second-order valence-electron chi connectivity index (χ2n) is 8.12. The molecule has 1 aromatic carbocycles. The van der Waals surface area contributed by atoms with Crippen LogP contribution < -0.4 is 34.7 Å². The van der Waals surface area contributed by atoms with Crippen LogP contribution in [0, 0.1) is 5.92 Å². The van der Waals surface area contributed by atoms with Crippen molar-refractivity contribution in [3.63, 3.8) is 0 Å². The van der Waals surface area contributed by atoms with E-state index < -0.39 is 55.4 Å². The van der Waals surface area contributed by atoms with Crippen LogP contribution >= 0.6 is 0 Å². The summed E-state index contributed by atoms with van der Waals surface area (Å²) in [6.45, 7) is -0.643. The van der Waals surface area contributed by atoms with Gasteiger partial charge in [-0.05, 0) is 24.5 Å². The standard InChI is InChI=1S/C22H30O9.Na/c23-12-16-17(24)18(29-15(20(25)26)11-13-7-3-1-4-8-13)19(22(28)30-16)31-21(27)14-9-5-2-6-10-14;/h2,5-6,9-10,13,15-19,22-24,28H,1,3-4,7-8,11-12H2,(H,25,26);/q;+1/p-1/t15-,16+,17-,18-,19+,22+;/m0./s1. The zero-order valence-corrected chi connectivity index (χ0v) is 20.2. The van der Waals surface area contributed by atoms with E-state index in [9.17, 15) is 30.0 Å². The number of hydrogen-bond acceptors (Lipinski definition) is 9. The van der Waals surface area contributed by atoms with Crippen LogP contribution in [0.4, 0.5) is 0 Å². The van der Waals surface area contributed by atoms with E-state index in [0.29, 0.717) is 0 Å². The molecule has 172 valence electrons. The maximum absolute atomic E-state index is 12.5. The molecule has 32 heavy (non-hydrogen) atoms. The fourth-order valence-electron chi connectivity index (χ4n) is 4.23. The number of carbonyl (C=O) groups excluding carboxylic acids is 2. The SMILES string of the molecule is O=C(O[C@@H]1[C@@H](O[C@@H](CC2CCCCC2)C(=O)[O-])[C@@H](O)[C@@H](CO)O[C@H]1O)c1ccccc1.[Na+]. The topological polar surface area (TPSA) is 146 Å². The molecule has 3 N–H and O–H groups in total. The molecule has 0 bridgehead atoms. The van der Waals surface area contributed by atoms with E-state index in [-0.39, 0.29) is 47.5 Å². The van der Waals surface area contributed by atoms with Gasteiger partial charge in [-0.2, -0.15) is 0 Å². The van der Waals surface area contributed by atoms with Gasteiger partial charge in [0.2, 0.25) is 0 Å². The van der Waals surface area contributed by atoms with Crippen molar-refractivity contribution in [3.05, 3.63) is 35.9 Å². The van der Waals surface area contributed by atoms with Crippen molar-refractivity contribution in [3.8, 4) is 0 Å². The number of aliphatic hydroxyl groups excluding tert-OH is 3. The van der Waals surface area contributed by atoms with E-state index in [1.807, 2.05) is 0 Å². The zero-order chi connectivity index (χ0) is 22.4. The molecule has 0 amide bonds. The molecule has 1 saturated heterocycles. The molecule has 0 spiro atoms. The summed E-state index contributed by atoms with van der Waals surface area (Å²) in [5.41, 5.74) is 0.200. The quantitative estimate of drug-likeness (QED) is 0.269. The molecule has 2 fully saturated rings. The van der Waals surface area contributed by atoms with Gasteiger partial charge in [-0.1, -0.05) is 50.3 Å². The zero-order valence-electron chi connectivity index (χ0n) is 18.2. The van der Waals surface area contributed by atoms with Crippen LogP contribution in [-0.2, 0) is 19.0 Å². The largest absolute Gasteiger partial charge is 1.00 e. The molecule has 3 rings (SSSR count). The molecular formula is C22H29NaO9. The van der Waals surface area contributed by atoms with Crippen LogP contribution in [0.15, 0.2) is 30.3 Å². The van der Waals surface area contributed by atoms with E-state index >= 15 is 0 Å². The van der Waals surface area contributed by atoms with Gasteiger partial charge < -0.3 is 39.4 Å². The van der Waals surface area contributed by atoms with Crippen molar-refractivity contribution < 1.29 is 73.8 Å². The third-order valence-electron chi connectivity index (χ3n) is 5.93. The van der Waals surface area contributed by atoms with Crippen molar-refractivity contribution in [1.29, 1.82) is 0 Å². The minimum atomic E-state index is -1.73. The van der Waals surface area contributed by atoms with Crippen molar-refractivity contribution in [2.45, 2.75) is 75.3 Å². The molecule has 0 radical (unpaired) electrons. The van der Waals surface area contributed by atoms with Crippen LogP contribution in [0.5, 0.6) is 0 Å². The fourth-order valence-corrected chi connectivity index (χ4v) is 4.23. The smallest absolute Gasteiger partial charge is 0.547 e. The number of benzene rings is 1. The second kappa shape index (κ2) is 13.0. The number of rotatable bonds is 8. The summed E-state index contributed by atoms with van der Waals surface area (Å²) in [4.78, 5) is 24.3. The Balaban J connectivity index is 0.00000363. The summed E-state index contributed by atoms with van der Waals surface area (Å²) in [7, 11) is 0. The van der Waals surface area contributed by atoms with E-state index in [0.717, 1.165) is 32.1 Å². The van der Waals surface area contributed by atoms with Gasteiger partial charge in [0.15, 0.2) is 12.4 Å². The summed E-state index contributed by atoms with van der Waals surface area (Å²) in [6, 6.07) is 7.99. The molecule has 0 unspecified atom stereocenters. The second-order valence-corrected chi connectivity index (χ2v) is 8.12. The molecule has 9 nitrogen and oxygen atoms in total. The Labute approximate surface area is 209 Å². The molecule has 1 heterocycles. The third-order valence-corrected chi connectivity index (χ3v) is 5.93. The number of ether oxygens (including phenoxy) is 3. The van der Waals surface area contributed by atoms with Gasteiger partial charge in [0, 0.05) is 0 Å². The van der Waals surface area contributed by atoms with Crippen LogP contribution in [0.3, 0.4) is 0 Å². The van der Waals surface area contributed by atoms with Crippen LogP contribution in [-0.4, -0.2) is 70.7 Å². The number of carboxylic acids is 1. The molecule has 6 atom stereocenters.